The summed E-state index contributed by atoms with van der Waals surface area (Å²) in [7, 11) is 0. The number of rotatable bonds is 3. The molecule has 0 spiro atoms. The van der Waals surface area contributed by atoms with Crippen molar-refractivity contribution in [3.8, 4) is 0 Å². The van der Waals surface area contributed by atoms with Gasteiger partial charge < -0.3 is 4.84 Å². The minimum absolute atomic E-state index is 0.224. The van der Waals surface area contributed by atoms with Crippen LogP contribution in [0.15, 0.2) is 36.7 Å². The molecule has 2 heterocycles. The van der Waals surface area contributed by atoms with Crippen LogP contribution in [0.1, 0.15) is 69.2 Å². The van der Waals surface area contributed by atoms with Crippen LogP contribution >= 0.6 is 0 Å². The summed E-state index contributed by atoms with van der Waals surface area (Å²) in [4.78, 5) is 41.8. The van der Waals surface area contributed by atoms with Crippen molar-refractivity contribution >= 4 is 17.8 Å². The molecule has 2 aliphatic rings. The van der Waals surface area contributed by atoms with Gasteiger partial charge in [0.15, 0.2) is 0 Å². The van der Waals surface area contributed by atoms with E-state index in [2.05, 4.69) is 5.10 Å². The first kappa shape index (κ1) is 15.6. The van der Waals surface area contributed by atoms with E-state index in [1.54, 1.807) is 23.0 Å². The Morgan fingerprint density at radius 3 is 2.32 bits per heavy atom. The summed E-state index contributed by atoms with van der Waals surface area (Å²) in [6.07, 6.45) is 8.64. The number of amides is 2. The SMILES string of the molecule is O=C(ON1C(=O)c2ccccc2C1=O)c1cnn(C2CCCCC2)c1. The Bertz CT molecular complexity index is 817. The molecule has 25 heavy (non-hydrogen) atoms. The van der Waals surface area contributed by atoms with Gasteiger partial charge in [-0.2, -0.15) is 5.10 Å². The second kappa shape index (κ2) is 6.16. The van der Waals surface area contributed by atoms with Crippen molar-refractivity contribution in [3.05, 3.63) is 53.3 Å². The Morgan fingerprint density at radius 1 is 1.04 bits per heavy atom. The molecule has 7 nitrogen and oxygen atoms in total. The smallest absolute Gasteiger partial charge is 0.324 e. The molecule has 0 saturated heterocycles. The van der Waals surface area contributed by atoms with Gasteiger partial charge in [-0.3, -0.25) is 14.3 Å². The van der Waals surface area contributed by atoms with Crippen molar-refractivity contribution in [1.82, 2.24) is 14.8 Å². The van der Waals surface area contributed by atoms with E-state index in [4.69, 9.17) is 4.84 Å². The Labute approximate surface area is 144 Å². The second-order valence-electron chi connectivity index (χ2n) is 6.33. The zero-order valence-electron chi connectivity index (χ0n) is 13.6. The monoisotopic (exact) mass is 339 g/mol. The van der Waals surface area contributed by atoms with E-state index in [0.717, 1.165) is 25.7 Å². The Hall–Kier alpha value is -2.96. The number of benzene rings is 1. The van der Waals surface area contributed by atoms with Crippen LogP contribution in [-0.2, 0) is 4.84 Å². The zero-order chi connectivity index (χ0) is 17.4. The van der Waals surface area contributed by atoms with Gasteiger partial charge in [0.05, 0.1) is 28.9 Å². The molecule has 0 radical (unpaired) electrons. The number of fused-ring (bicyclic) bond motifs is 1. The molecule has 1 aliphatic heterocycles. The van der Waals surface area contributed by atoms with Crippen molar-refractivity contribution in [2.75, 3.05) is 0 Å². The highest BCUT2D eigenvalue weighted by Crippen LogP contribution is 2.28. The summed E-state index contributed by atoms with van der Waals surface area (Å²) in [5, 5.41) is 4.76. The van der Waals surface area contributed by atoms with E-state index in [-0.39, 0.29) is 22.7 Å². The van der Waals surface area contributed by atoms with Crippen LogP contribution in [0.3, 0.4) is 0 Å². The third-order valence-electron chi connectivity index (χ3n) is 4.72. The fourth-order valence-corrected chi connectivity index (χ4v) is 3.37. The third-order valence-corrected chi connectivity index (χ3v) is 4.72. The van der Waals surface area contributed by atoms with Gasteiger partial charge in [0.2, 0.25) is 0 Å². The number of aromatic nitrogens is 2. The van der Waals surface area contributed by atoms with Crippen LogP contribution in [0.4, 0.5) is 0 Å². The molecular weight excluding hydrogens is 322 g/mol. The number of nitrogens with zero attached hydrogens (tertiary/aromatic N) is 3. The van der Waals surface area contributed by atoms with Gasteiger partial charge in [-0.05, 0) is 25.0 Å². The number of hydrogen-bond donors (Lipinski definition) is 0. The molecule has 0 unspecified atom stereocenters. The number of carbonyl (C=O) groups is 3. The summed E-state index contributed by atoms with van der Waals surface area (Å²) in [6.45, 7) is 0. The van der Waals surface area contributed by atoms with E-state index < -0.39 is 17.8 Å². The molecular formula is C18H17N3O4. The fourth-order valence-electron chi connectivity index (χ4n) is 3.37. The van der Waals surface area contributed by atoms with Gasteiger partial charge >= 0.3 is 5.97 Å². The second-order valence-corrected chi connectivity index (χ2v) is 6.33. The van der Waals surface area contributed by atoms with E-state index in [1.807, 2.05) is 0 Å². The van der Waals surface area contributed by atoms with Gasteiger partial charge in [0, 0.05) is 6.20 Å². The Kier molecular flexibility index (Phi) is 3.83. The molecule has 2 aromatic rings. The summed E-state index contributed by atoms with van der Waals surface area (Å²) in [6, 6.07) is 6.66. The van der Waals surface area contributed by atoms with Gasteiger partial charge in [0.25, 0.3) is 11.8 Å². The first-order valence-corrected chi connectivity index (χ1v) is 8.39. The van der Waals surface area contributed by atoms with Gasteiger partial charge in [-0.1, -0.05) is 36.5 Å². The van der Waals surface area contributed by atoms with Gasteiger partial charge in [-0.25, -0.2) is 4.79 Å². The van der Waals surface area contributed by atoms with E-state index in [9.17, 15) is 14.4 Å². The first-order chi connectivity index (χ1) is 12.1. The van der Waals surface area contributed by atoms with E-state index in [0.29, 0.717) is 5.06 Å². The lowest BCUT2D eigenvalue weighted by atomic mass is 9.96. The largest absolute Gasteiger partial charge is 0.367 e. The molecule has 7 heteroatoms. The predicted octanol–water partition coefficient (Wildman–Crippen LogP) is 2.76. The highest BCUT2D eigenvalue weighted by Gasteiger charge is 2.39. The van der Waals surface area contributed by atoms with Crippen molar-refractivity contribution in [3.63, 3.8) is 0 Å². The van der Waals surface area contributed by atoms with Crippen LogP contribution in [0.25, 0.3) is 0 Å². The van der Waals surface area contributed by atoms with Crippen molar-refractivity contribution in [1.29, 1.82) is 0 Å². The molecule has 1 aromatic carbocycles. The lowest BCUT2D eigenvalue weighted by molar-refractivity contribution is -0.0584. The van der Waals surface area contributed by atoms with E-state index >= 15 is 0 Å². The van der Waals surface area contributed by atoms with Crippen LogP contribution < -0.4 is 0 Å². The normalized spacial score (nSPS) is 17.7. The molecule has 1 aromatic heterocycles. The van der Waals surface area contributed by atoms with Crippen LogP contribution in [0, 0.1) is 0 Å². The quantitative estimate of drug-likeness (QED) is 0.803. The topological polar surface area (TPSA) is 81.5 Å². The number of carbonyl (C=O) groups excluding carboxylic acids is 3. The standard InChI is InChI=1S/C18H17N3O4/c22-16-14-8-4-5-9-15(14)17(23)21(16)25-18(24)12-10-19-20(11-12)13-6-2-1-3-7-13/h4-5,8-11,13H,1-3,6-7H2. The van der Waals surface area contributed by atoms with Crippen molar-refractivity contribution < 1.29 is 19.2 Å². The summed E-state index contributed by atoms with van der Waals surface area (Å²) in [5.74, 6) is -2.03. The van der Waals surface area contributed by atoms with Crippen LogP contribution in [0.2, 0.25) is 0 Å². The lowest BCUT2D eigenvalue weighted by Gasteiger charge is -2.21. The minimum atomic E-state index is -0.767. The maximum Gasteiger partial charge on any atom is 0.367 e. The van der Waals surface area contributed by atoms with Crippen LogP contribution in [0.5, 0.6) is 0 Å². The van der Waals surface area contributed by atoms with Crippen molar-refractivity contribution in [2.24, 2.45) is 0 Å². The Morgan fingerprint density at radius 2 is 1.68 bits per heavy atom. The third kappa shape index (κ3) is 2.71. The summed E-state index contributed by atoms with van der Waals surface area (Å²) < 4.78 is 1.78. The molecule has 128 valence electrons. The van der Waals surface area contributed by atoms with Gasteiger partial charge in [-0.15, -0.1) is 0 Å². The number of hydrogen-bond acceptors (Lipinski definition) is 5. The molecule has 0 atom stereocenters. The average Bonchev–Trinajstić information content (AvgIpc) is 3.23. The molecule has 0 N–H and O–H groups in total. The van der Waals surface area contributed by atoms with Gasteiger partial charge in [0.1, 0.15) is 0 Å². The maximum atomic E-state index is 12.3. The first-order valence-electron chi connectivity index (χ1n) is 8.39. The van der Waals surface area contributed by atoms with Crippen LogP contribution in [-0.4, -0.2) is 32.6 Å². The molecule has 1 fully saturated rings. The Balaban J connectivity index is 1.49. The number of hydroxylamine groups is 2. The predicted molar refractivity (Wildman–Crippen MR) is 86.7 cm³/mol. The summed E-state index contributed by atoms with van der Waals surface area (Å²) in [5.41, 5.74) is 0.693. The van der Waals surface area contributed by atoms with Crippen molar-refractivity contribution in [2.45, 2.75) is 38.1 Å². The molecule has 1 saturated carbocycles. The molecule has 4 rings (SSSR count). The zero-order valence-corrected chi connectivity index (χ0v) is 13.6. The van der Waals surface area contributed by atoms with E-state index in [1.165, 1.54) is 24.8 Å². The fraction of sp³-hybridized carbons (Fsp3) is 0.333. The maximum absolute atomic E-state index is 12.3. The highest BCUT2D eigenvalue weighted by molar-refractivity contribution is 6.21. The molecule has 0 bridgehead atoms. The summed E-state index contributed by atoms with van der Waals surface area (Å²) >= 11 is 0. The highest BCUT2D eigenvalue weighted by atomic mass is 16.7. The minimum Gasteiger partial charge on any atom is -0.324 e. The molecule has 1 aliphatic carbocycles. The number of imide groups is 1. The lowest BCUT2D eigenvalue weighted by Crippen LogP contribution is -2.32. The average molecular weight is 339 g/mol. The molecule has 2 amide bonds.